The molecular weight excluding hydrogens is 314 g/mol. The Balaban J connectivity index is 1.72. The maximum absolute atomic E-state index is 12.9. The summed E-state index contributed by atoms with van der Waals surface area (Å²) in [5, 5.41) is 7.56. The molecule has 25 heavy (non-hydrogen) atoms. The first kappa shape index (κ1) is 17.5. The predicted octanol–water partition coefficient (Wildman–Crippen LogP) is 3.50. The number of nitrogens with one attached hydrogen (secondary N) is 1. The molecule has 134 valence electrons. The van der Waals surface area contributed by atoms with Crippen LogP contribution in [0.25, 0.3) is 0 Å². The van der Waals surface area contributed by atoms with Crippen molar-refractivity contribution in [2.45, 2.75) is 59.6 Å². The highest BCUT2D eigenvalue weighted by Crippen LogP contribution is 2.26. The number of benzene rings is 1. The molecule has 2 aromatic rings. The molecule has 0 unspecified atom stereocenters. The molecule has 1 aliphatic heterocycles. The lowest BCUT2D eigenvalue weighted by atomic mass is 9.99. The zero-order chi connectivity index (χ0) is 18.1. The Morgan fingerprint density at radius 1 is 1.28 bits per heavy atom. The van der Waals surface area contributed by atoms with Gasteiger partial charge in [-0.15, -0.1) is 0 Å². The van der Waals surface area contributed by atoms with Gasteiger partial charge in [-0.2, -0.15) is 5.10 Å². The van der Waals surface area contributed by atoms with Crippen molar-refractivity contribution in [1.82, 2.24) is 15.1 Å². The number of ether oxygens (including phenoxy) is 1. The molecule has 5 heteroatoms. The summed E-state index contributed by atoms with van der Waals surface area (Å²) in [5.41, 5.74) is 5.57. The van der Waals surface area contributed by atoms with Gasteiger partial charge in [0.1, 0.15) is 5.75 Å². The summed E-state index contributed by atoms with van der Waals surface area (Å²) < 4.78 is 5.97. The highest BCUT2D eigenvalue weighted by atomic mass is 16.5. The molecule has 0 aliphatic carbocycles. The average molecular weight is 341 g/mol. The van der Waals surface area contributed by atoms with Gasteiger partial charge >= 0.3 is 0 Å². The normalized spacial score (nSPS) is 15.2. The third-order valence-corrected chi connectivity index (χ3v) is 4.82. The Morgan fingerprint density at radius 3 is 2.76 bits per heavy atom. The summed E-state index contributed by atoms with van der Waals surface area (Å²) in [4.78, 5) is 14.8. The summed E-state index contributed by atoms with van der Waals surface area (Å²) >= 11 is 0. The van der Waals surface area contributed by atoms with Crippen LogP contribution in [0, 0.1) is 13.8 Å². The van der Waals surface area contributed by atoms with Crippen LogP contribution < -0.4 is 4.74 Å². The second-order valence-electron chi connectivity index (χ2n) is 7.26. The number of aromatic amines is 1. The molecule has 1 amide bonds. The second kappa shape index (κ2) is 6.90. The van der Waals surface area contributed by atoms with E-state index in [-0.39, 0.29) is 5.91 Å². The first-order chi connectivity index (χ1) is 11.9. The molecule has 0 saturated carbocycles. The maximum atomic E-state index is 12.9. The zero-order valence-electron chi connectivity index (χ0n) is 15.7. The van der Waals surface area contributed by atoms with Gasteiger partial charge < -0.3 is 9.64 Å². The molecule has 0 spiro atoms. The van der Waals surface area contributed by atoms with E-state index in [9.17, 15) is 4.79 Å². The van der Waals surface area contributed by atoms with Gasteiger partial charge in [0.2, 0.25) is 0 Å². The first-order valence-electron chi connectivity index (χ1n) is 8.95. The molecule has 1 atom stereocenters. The summed E-state index contributed by atoms with van der Waals surface area (Å²) in [6.45, 7) is 11.4. The third kappa shape index (κ3) is 3.55. The average Bonchev–Trinajstić information content (AvgIpc) is 3.00. The number of aryl methyl sites for hydroxylation is 2. The lowest BCUT2D eigenvalue weighted by Gasteiger charge is -2.30. The van der Waals surface area contributed by atoms with E-state index in [2.05, 4.69) is 24.0 Å². The van der Waals surface area contributed by atoms with Crippen molar-refractivity contribution in [2.75, 3.05) is 6.54 Å². The fourth-order valence-electron chi connectivity index (χ4n) is 3.32. The summed E-state index contributed by atoms with van der Waals surface area (Å²) in [7, 11) is 0. The standard InChI is InChI=1S/C20H27N3O2/c1-12(2)19-16-11-23(9-8-17(16)21-22-19)20(24)15(5)25-18-10-13(3)6-7-14(18)4/h6-7,10,12,15H,8-9,11H2,1-5H3,(H,21,22)/t15-/m1/s1. The Bertz CT molecular complexity index is 779. The van der Waals surface area contributed by atoms with E-state index in [4.69, 9.17) is 4.74 Å². The Morgan fingerprint density at radius 2 is 2.04 bits per heavy atom. The van der Waals surface area contributed by atoms with Crippen LogP contribution in [0.2, 0.25) is 0 Å². The molecule has 2 heterocycles. The molecule has 1 N–H and O–H groups in total. The van der Waals surface area contributed by atoms with Crippen molar-refractivity contribution < 1.29 is 9.53 Å². The zero-order valence-corrected chi connectivity index (χ0v) is 15.7. The number of hydrogen-bond acceptors (Lipinski definition) is 3. The highest BCUT2D eigenvalue weighted by molar-refractivity contribution is 5.81. The van der Waals surface area contributed by atoms with Crippen LogP contribution in [0.5, 0.6) is 5.75 Å². The smallest absolute Gasteiger partial charge is 0.263 e. The van der Waals surface area contributed by atoms with E-state index in [1.807, 2.05) is 43.9 Å². The number of rotatable bonds is 4. The molecule has 3 rings (SSSR count). The lowest BCUT2D eigenvalue weighted by Crippen LogP contribution is -2.43. The number of aromatic nitrogens is 2. The van der Waals surface area contributed by atoms with Gasteiger partial charge in [0.25, 0.3) is 5.91 Å². The monoisotopic (exact) mass is 341 g/mol. The number of fused-ring (bicyclic) bond motifs is 1. The number of amides is 1. The molecule has 1 aliphatic rings. The van der Waals surface area contributed by atoms with Crippen LogP contribution in [0.3, 0.4) is 0 Å². The van der Waals surface area contributed by atoms with Gasteiger partial charge in [-0.1, -0.05) is 26.0 Å². The van der Waals surface area contributed by atoms with Crippen molar-refractivity contribution >= 4 is 5.91 Å². The number of carbonyl (C=O) groups excluding carboxylic acids is 1. The van der Waals surface area contributed by atoms with E-state index >= 15 is 0 Å². The number of carbonyl (C=O) groups is 1. The van der Waals surface area contributed by atoms with Crippen LogP contribution in [0.15, 0.2) is 18.2 Å². The van der Waals surface area contributed by atoms with Crippen LogP contribution >= 0.6 is 0 Å². The molecule has 1 aromatic heterocycles. The minimum atomic E-state index is -0.503. The minimum absolute atomic E-state index is 0.0301. The van der Waals surface area contributed by atoms with Crippen LogP contribution in [-0.2, 0) is 17.8 Å². The van der Waals surface area contributed by atoms with Gasteiger partial charge in [-0.05, 0) is 43.9 Å². The van der Waals surface area contributed by atoms with Crippen LogP contribution in [-0.4, -0.2) is 33.7 Å². The lowest BCUT2D eigenvalue weighted by molar-refractivity contribution is -0.138. The van der Waals surface area contributed by atoms with Crippen molar-refractivity contribution in [1.29, 1.82) is 0 Å². The number of hydrogen-bond donors (Lipinski definition) is 1. The third-order valence-electron chi connectivity index (χ3n) is 4.82. The Labute approximate surface area is 149 Å². The predicted molar refractivity (Wildman–Crippen MR) is 97.8 cm³/mol. The van der Waals surface area contributed by atoms with E-state index < -0.39 is 6.10 Å². The van der Waals surface area contributed by atoms with Gasteiger partial charge in [0, 0.05) is 30.8 Å². The maximum Gasteiger partial charge on any atom is 0.263 e. The highest BCUT2D eigenvalue weighted by Gasteiger charge is 2.29. The molecule has 0 fully saturated rings. The molecule has 1 aromatic carbocycles. The summed E-state index contributed by atoms with van der Waals surface area (Å²) in [6, 6.07) is 6.06. The fourth-order valence-corrected chi connectivity index (χ4v) is 3.32. The Kier molecular flexibility index (Phi) is 4.84. The number of H-pyrrole nitrogens is 1. The van der Waals surface area contributed by atoms with Crippen LogP contribution in [0.1, 0.15) is 54.8 Å². The largest absolute Gasteiger partial charge is 0.481 e. The second-order valence-corrected chi connectivity index (χ2v) is 7.26. The SMILES string of the molecule is Cc1ccc(C)c(O[C@H](C)C(=O)N2CCc3[nH]nc(C(C)C)c3C2)c1. The minimum Gasteiger partial charge on any atom is -0.481 e. The van der Waals surface area contributed by atoms with Gasteiger partial charge in [-0.3, -0.25) is 9.89 Å². The van der Waals surface area contributed by atoms with Crippen molar-refractivity contribution in [3.8, 4) is 5.75 Å². The quantitative estimate of drug-likeness (QED) is 0.926. The Hall–Kier alpha value is -2.30. The van der Waals surface area contributed by atoms with E-state index in [0.29, 0.717) is 19.0 Å². The molecule has 0 radical (unpaired) electrons. The fraction of sp³-hybridized carbons (Fsp3) is 0.500. The summed E-state index contributed by atoms with van der Waals surface area (Å²) in [5.74, 6) is 1.16. The molecule has 0 saturated heterocycles. The first-order valence-corrected chi connectivity index (χ1v) is 8.95. The molecular formula is C20H27N3O2. The molecule has 5 nitrogen and oxygen atoms in total. The van der Waals surface area contributed by atoms with Crippen molar-refractivity contribution in [3.63, 3.8) is 0 Å². The van der Waals surface area contributed by atoms with Gasteiger partial charge in [0.15, 0.2) is 6.10 Å². The summed E-state index contributed by atoms with van der Waals surface area (Å²) in [6.07, 6.45) is 0.313. The van der Waals surface area contributed by atoms with Crippen LogP contribution in [0.4, 0.5) is 0 Å². The molecule has 0 bridgehead atoms. The van der Waals surface area contributed by atoms with Gasteiger partial charge in [-0.25, -0.2) is 0 Å². The topological polar surface area (TPSA) is 58.2 Å². The van der Waals surface area contributed by atoms with E-state index in [0.717, 1.165) is 34.7 Å². The van der Waals surface area contributed by atoms with Crippen molar-refractivity contribution in [2.24, 2.45) is 0 Å². The number of nitrogens with zero attached hydrogens (tertiary/aromatic N) is 2. The van der Waals surface area contributed by atoms with Gasteiger partial charge in [0.05, 0.1) is 5.69 Å². The van der Waals surface area contributed by atoms with Crippen molar-refractivity contribution in [3.05, 3.63) is 46.3 Å². The van der Waals surface area contributed by atoms with E-state index in [1.165, 1.54) is 5.56 Å². The van der Waals surface area contributed by atoms with E-state index in [1.54, 1.807) is 0 Å².